The lowest BCUT2D eigenvalue weighted by Gasteiger charge is -2.20. The Morgan fingerprint density at radius 3 is 2.77 bits per heavy atom. The van der Waals surface area contributed by atoms with Crippen LogP contribution in [0.5, 0.6) is 0 Å². The highest BCUT2D eigenvalue weighted by Crippen LogP contribution is 2.52. The van der Waals surface area contributed by atoms with E-state index in [9.17, 15) is 9.59 Å². The molecule has 2 aromatic rings. The third kappa shape index (κ3) is 2.66. The van der Waals surface area contributed by atoms with Gasteiger partial charge < -0.3 is 14.8 Å². The fourth-order valence-corrected chi connectivity index (χ4v) is 4.63. The summed E-state index contributed by atoms with van der Waals surface area (Å²) in [6, 6.07) is 7.36. The van der Waals surface area contributed by atoms with E-state index in [1.807, 2.05) is 23.6 Å². The van der Waals surface area contributed by atoms with Crippen molar-refractivity contribution in [2.24, 2.45) is 5.41 Å². The van der Waals surface area contributed by atoms with Crippen molar-refractivity contribution in [2.45, 2.75) is 38.4 Å². The number of ether oxygens (including phenoxy) is 2. The number of cyclic esters (lactones) is 2. The number of benzene rings is 1. The number of rotatable bonds is 3. The normalized spacial score (nSPS) is 30.5. The van der Waals surface area contributed by atoms with Gasteiger partial charge in [0, 0.05) is 18.2 Å². The lowest BCUT2D eigenvalue weighted by Crippen LogP contribution is -2.31. The molecule has 1 aromatic heterocycles. The summed E-state index contributed by atoms with van der Waals surface area (Å²) in [5.41, 5.74) is -0.825. The van der Waals surface area contributed by atoms with Gasteiger partial charge in [0.1, 0.15) is 6.10 Å². The van der Waals surface area contributed by atoms with Crippen LogP contribution >= 0.6 is 22.9 Å². The number of nitrogens with one attached hydrogen (secondary N) is 1. The SMILES string of the molecule is CC1CC2(CC(C)(c3csc(Nc4ccccc4Cl)n3)OC2=O)C(=O)O1. The van der Waals surface area contributed by atoms with Gasteiger partial charge in [0.15, 0.2) is 16.1 Å². The average Bonchev–Trinajstić information content (AvgIpc) is 3.22. The molecule has 2 saturated heterocycles. The smallest absolute Gasteiger partial charge is 0.324 e. The van der Waals surface area contributed by atoms with Gasteiger partial charge in [-0.15, -0.1) is 11.3 Å². The molecule has 6 nitrogen and oxygen atoms in total. The van der Waals surface area contributed by atoms with Gasteiger partial charge in [-0.2, -0.15) is 0 Å². The molecule has 0 amide bonds. The average molecular weight is 393 g/mol. The van der Waals surface area contributed by atoms with E-state index in [-0.39, 0.29) is 12.5 Å². The summed E-state index contributed by atoms with van der Waals surface area (Å²) < 4.78 is 10.8. The number of carbonyl (C=O) groups excluding carboxylic acids is 2. The van der Waals surface area contributed by atoms with E-state index in [4.69, 9.17) is 21.1 Å². The maximum atomic E-state index is 12.5. The molecule has 0 saturated carbocycles. The number of thiazole rings is 1. The van der Waals surface area contributed by atoms with Crippen molar-refractivity contribution in [3.8, 4) is 0 Å². The van der Waals surface area contributed by atoms with E-state index in [1.165, 1.54) is 11.3 Å². The van der Waals surface area contributed by atoms with Crippen molar-refractivity contribution in [2.75, 3.05) is 5.32 Å². The molecule has 3 unspecified atom stereocenters. The van der Waals surface area contributed by atoms with Crippen LogP contribution in [0, 0.1) is 5.41 Å². The minimum Gasteiger partial charge on any atom is -0.462 e. The van der Waals surface area contributed by atoms with Gasteiger partial charge in [0.2, 0.25) is 0 Å². The molecule has 1 spiro atoms. The summed E-state index contributed by atoms with van der Waals surface area (Å²) in [6.07, 6.45) is 0.289. The van der Waals surface area contributed by atoms with Gasteiger partial charge in [-0.3, -0.25) is 9.59 Å². The molecule has 1 N–H and O–H groups in total. The second kappa shape index (κ2) is 5.96. The first-order valence-electron chi connectivity index (χ1n) is 8.24. The number of halogens is 1. The van der Waals surface area contributed by atoms with Gasteiger partial charge in [0.05, 0.1) is 16.4 Å². The van der Waals surface area contributed by atoms with Crippen molar-refractivity contribution >= 4 is 45.7 Å². The fraction of sp³-hybridized carbons (Fsp3) is 0.389. The molecule has 136 valence electrons. The number of hydrogen-bond acceptors (Lipinski definition) is 7. The number of hydrogen-bond donors (Lipinski definition) is 1. The van der Waals surface area contributed by atoms with Gasteiger partial charge >= 0.3 is 11.9 Å². The highest BCUT2D eigenvalue weighted by molar-refractivity contribution is 7.13. The molecule has 3 heterocycles. The predicted molar refractivity (Wildman–Crippen MR) is 97.5 cm³/mol. The second-order valence-corrected chi connectivity index (χ2v) is 8.21. The zero-order valence-corrected chi connectivity index (χ0v) is 15.8. The fourth-order valence-electron chi connectivity index (χ4n) is 3.60. The zero-order chi connectivity index (χ0) is 18.5. The van der Waals surface area contributed by atoms with Gasteiger partial charge in [-0.05, 0) is 26.0 Å². The van der Waals surface area contributed by atoms with E-state index in [1.54, 1.807) is 19.9 Å². The minimum atomic E-state index is -1.21. The first-order chi connectivity index (χ1) is 12.3. The van der Waals surface area contributed by atoms with Crippen molar-refractivity contribution in [3.05, 3.63) is 40.4 Å². The zero-order valence-electron chi connectivity index (χ0n) is 14.2. The Labute approximate surface area is 159 Å². The van der Waals surface area contributed by atoms with E-state index in [2.05, 4.69) is 10.3 Å². The first-order valence-corrected chi connectivity index (χ1v) is 9.50. The predicted octanol–water partition coefficient (Wildman–Crippen LogP) is 4.02. The van der Waals surface area contributed by atoms with E-state index in [0.29, 0.717) is 22.3 Å². The van der Waals surface area contributed by atoms with Gasteiger partial charge in [0.25, 0.3) is 0 Å². The van der Waals surface area contributed by atoms with Crippen LogP contribution < -0.4 is 5.32 Å². The van der Waals surface area contributed by atoms with Crippen LogP contribution in [0.4, 0.5) is 10.8 Å². The molecule has 2 fully saturated rings. The molecular weight excluding hydrogens is 376 g/mol. The summed E-state index contributed by atoms with van der Waals surface area (Å²) >= 11 is 7.54. The summed E-state index contributed by atoms with van der Waals surface area (Å²) in [6.45, 7) is 3.56. The Balaban J connectivity index is 1.59. The van der Waals surface area contributed by atoms with Crippen LogP contribution in [-0.2, 0) is 24.7 Å². The first kappa shape index (κ1) is 17.3. The molecule has 2 aliphatic heterocycles. The number of anilines is 2. The molecule has 2 aliphatic rings. The molecule has 0 aliphatic carbocycles. The lowest BCUT2D eigenvalue weighted by molar-refractivity contribution is -0.160. The quantitative estimate of drug-likeness (QED) is 0.627. The van der Waals surface area contributed by atoms with Crippen LogP contribution in [0.1, 0.15) is 32.4 Å². The third-order valence-electron chi connectivity index (χ3n) is 4.84. The second-order valence-electron chi connectivity index (χ2n) is 6.94. The molecule has 26 heavy (non-hydrogen) atoms. The van der Waals surface area contributed by atoms with E-state index >= 15 is 0 Å². The highest BCUT2D eigenvalue weighted by Gasteiger charge is 2.65. The topological polar surface area (TPSA) is 77.5 Å². The summed E-state index contributed by atoms with van der Waals surface area (Å²) in [7, 11) is 0. The van der Waals surface area contributed by atoms with Crippen LogP contribution in [0.3, 0.4) is 0 Å². The number of aromatic nitrogens is 1. The van der Waals surface area contributed by atoms with Crippen LogP contribution in [-0.4, -0.2) is 23.0 Å². The van der Waals surface area contributed by atoms with Crippen molar-refractivity contribution in [1.29, 1.82) is 0 Å². The van der Waals surface area contributed by atoms with E-state index in [0.717, 1.165) is 5.69 Å². The van der Waals surface area contributed by atoms with Gasteiger partial charge in [-0.25, -0.2) is 4.98 Å². The lowest BCUT2D eigenvalue weighted by atomic mass is 9.78. The molecule has 8 heteroatoms. The standard InChI is InChI=1S/C18H17ClN2O4S/c1-10-7-18(14(22)24-10)9-17(2,25-15(18)23)13-8-26-16(21-13)20-12-6-4-3-5-11(12)19/h3-6,8,10H,7,9H2,1-2H3,(H,20,21). The summed E-state index contributed by atoms with van der Waals surface area (Å²) in [5, 5.41) is 6.21. The Hall–Kier alpha value is -2.12. The maximum Gasteiger partial charge on any atom is 0.324 e. The maximum absolute atomic E-state index is 12.5. The monoisotopic (exact) mass is 392 g/mol. The third-order valence-corrected chi connectivity index (χ3v) is 5.93. The van der Waals surface area contributed by atoms with Gasteiger partial charge in [-0.1, -0.05) is 23.7 Å². The Morgan fingerprint density at radius 1 is 1.31 bits per heavy atom. The molecule has 4 rings (SSSR count). The molecule has 0 bridgehead atoms. The van der Waals surface area contributed by atoms with Crippen LogP contribution in [0.25, 0.3) is 0 Å². The van der Waals surface area contributed by atoms with Crippen molar-refractivity contribution in [1.82, 2.24) is 4.98 Å². The summed E-state index contributed by atoms with van der Waals surface area (Å²) in [5.74, 6) is -1.02. The Kier molecular flexibility index (Phi) is 3.96. The van der Waals surface area contributed by atoms with Crippen LogP contribution in [0.2, 0.25) is 5.02 Å². The van der Waals surface area contributed by atoms with Crippen molar-refractivity contribution < 1.29 is 19.1 Å². The Bertz CT molecular complexity index is 901. The van der Waals surface area contributed by atoms with Crippen LogP contribution in [0.15, 0.2) is 29.6 Å². The molecular formula is C18H17ClN2O4S. The highest BCUT2D eigenvalue weighted by atomic mass is 35.5. The molecule has 3 atom stereocenters. The molecule has 1 aromatic carbocycles. The Morgan fingerprint density at radius 2 is 2.08 bits per heavy atom. The number of nitrogens with zero attached hydrogens (tertiary/aromatic N) is 1. The minimum absolute atomic E-state index is 0.233. The molecule has 0 radical (unpaired) electrons. The summed E-state index contributed by atoms with van der Waals surface area (Å²) in [4.78, 5) is 29.3. The van der Waals surface area contributed by atoms with Crippen molar-refractivity contribution in [3.63, 3.8) is 0 Å². The number of esters is 2. The van der Waals surface area contributed by atoms with E-state index < -0.39 is 23.0 Å². The number of para-hydroxylation sites is 1. The largest absolute Gasteiger partial charge is 0.462 e. The number of carbonyl (C=O) groups is 2.